The van der Waals surface area contributed by atoms with Gasteiger partial charge in [0, 0.05) is 15.5 Å². The molecule has 0 bridgehead atoms. The molecule has 0 aliphatic heterocycles. The van der Waals surface area contributed by atoms with Gasteiger partial charge in [0.25, 0.3) is 0 Å². The molecule has 0 unspecified atom stereocenters. The van der Waals surface area contributed by atoms with E-state index in [1.54, 1.807) is 0 Å². The van der Waals surface area contributed by atoms with Gasteiger partial charge in [-0.15, -0.1) is 0 Å². The van der Waals surface area contributed by atoms with Crippen molar-refractivity contribution in [2.24, 2.45) is 0 Å². The summed E-state index contributed by atoms with van der Waals surface area (Å²) in [6.45, 7) is 3.56. The highest BCUT2D eigenvalue weighted by Gasteiger charge is 2.18. The number of carboxylic acid groups (broad SMARTS) is 1. The minimum Gasteiger partial charge on any atom is -0.478 e. The summed E-state index contributed by atoms with van der Waals surface area (Å²) in [7, 11) is -3.71. The van der Waals surface area contributed by atoms with Crippen molar-refractivity contribution < 1.29 is 18.3 Å². The molecule has 0 saturated heterocycles. The van der Waals surface area contributed by atoms with Gasteiger partial charge in [-0.25, -0.2) is 17.9 Å². The summed E-state index contributed by atoms with van der Waals surface area (Å²) in [6, 6.07) is 3.69. The molecule has 0 fully saturated rings. The summed E-state index contributed by atoms with van der Waals surface area (Å²) in [5.41, 5.74) is 0.00530. The lowest BCUT2D eigenvalue weighted by atomic mass is 10.2. The molecule has 0 saturated carbocycles. The molecule has 5 nitrogen and oxygen atoms in total. The summed E-state index contributed by atoms with van der Waals surface area (Å²) in [5, 5.41) is 8.78. The highest BCUT2D eigenvalue weighted by Crippen LogP contribution is 2.23. The van der Waals surface area contributed by atoms with Gasteiger partial charge in [-0.3, -0.25) is 0 Å². The second-order valence-electron chi connectivity index (χ2n) is 3.29. The Bertz CT molecular complexity index is 598. The Labute approximate surface area is 121 Å². The Hall–Kier alpha value is -0.700. The van der Waals surface area contributed by atoms with Gasteiger partial charge in [0.1, 0.15) is 0 Å². The number of hydrogen-bond acceptors (Lipinski definition) is 3. The minimum absolute atomic E-state index is 0.00530. The largest absolute Gasteiger partial charge is 0.478 e. The van der Waals surface area contributed by atoms with E-state index in [1.807, 2.05) is 0 Å². The van der Waals surface area contributed by atoms with Crippen molar-refractivity contribution in [3.8, 4) is 0 Å². The third-order valence-electron chi connectivity index (χ3n) is 1.92. The van der Waals surface area contributed by atoms with Crippen molar-refractivity contribution in [1.29, 1.82) is 0 Å². The molecule has 0 aromatic heterocycles. The van der Waals surface area contributed by atoms with Gasteiger partial charge < -0.3 is 5.11 Å². The van der Waals surface area contributed by atoms with Crippen LogP contribution >= 0.6 is 31.9 Å². The summed E-state index contributed by atoms with van der Waals surface area (Å²) in [6.07, 6.45) is 0. The quantitative estimate of drug-likeness (QED) is 0.797. The van der Waals surface area contributed by atoms with E-state index in [4.69, 9.17) is 5.11 Å². The van der Waals surface area contributed by atoms with E-state index in [1.165, 1.54) is 18.2 Å². The number of rotatable bonds is 5. The molecular formula is C10H9Br2NO4S. The fraction of sp³-hybridized carbons (Fsp3) is 0.100. The molecule has 0 radical (unpaired) electrons. The van der Waals surface area contributed by atoms with E-state index in [0.717, 1.165) is 0 Å². The fourth-order valence-corrected chi connectivity index (χ4v) is 3.53. The molecule has 1 rings (SSSR count). The zero-order valence-electron chi connectivity index (χ0n) is 8.98. The first-order valence-corrected chi connectivity index (χ1v) is 7.67. The first-order valence-electron chi connectivity index (χ1n) is 4.60. The van der Waals surface area contributed by atoms with Gasteiger partial charge in [0.2, 0.25) is 10.0 Å². The fourth-order valence-electron chi connectivity index (χ4n) is 1.10. The monoisotopic (exact) mass is 397 g/mol. The summed E-state index contributed by atoms with van der Waals surface area (Å²) in [4.78, 5) is 10.7. The van der Waals surface area contributed by atoms with Gasteiger partial charge in [-0.1, -0.05) is 22.5 Å². The Balaban J connectivity index is 3.10. The van der Waals surface area contributed by atoms with Crippen LogP contribution in [0.4, 0.5) is 0 Å². The summed E-state index contributed by atoms with van der Waals surface area (Å²) >= 11 is 6.08. The van der Waals surface area contributed by atoms with E-state index >= 15 is 0 Å². The second kappa shape index (κ2) is 5.96. The Morgan fingerprint density at radius 2 is 2.06 bits per heavy atom. The average Bonchev–Trinajstić information content (AvgIpc) is 2.26. The number of nitrogens with one attached hydrogen (secondary N) is 1. The predicted molar refractivity (Wildman–Crippen MR) is 74.4 cm³/mol. The summed E-state index contributed by atoms with van der Waals surface area (Å²) in [5.74, 6) is -1.12. The number of carbonyl (C=O) groups is 1. The van der Waals surface area contributed by atoms with Crippen LogP contribution in [0.2, 0.25) is 0 Å². The molecule has 0 amide bonds. The van der Waals surface area contributed by atoms with Crippen molar-refractivity contribution in [3.05, 3.63) is 39.3 Å². The van der Waals surface area contributed by atoms with Crippen molar-refractivity contribution in [3.63, 3.8) is 0 Å². The molecule has 0 spiro atoms. The number of benzene rings is 1. The van der Waals surface area contributed by atoms with Crippen LogP contribution in [-0.4, -0.2) is 26.0 Å². The lowest BCUT2D eigenvalue weighted by Gasteiger charge is -2.08. The van der Waals surface area contributed by atoms with Crippen molar-refractivity contribution in [2.45, 2.75) is 4.90 Å². The number of sulfonamides is 1. The van der Waals surface area contributed by atoms with Crippen LogP contribution in [0.25, 0.3) is 0 Å². The zero-order valence-corrected chi connectivity index (χ0v) is 13.0. The highest BCUT2D eigenvalue weighted by atomic mass is 79.9. The Morgan fingerprint density at radius 3 is 2.50 bits per heavy atom. The standard InChI is InChI=1S/C10H9Br2NO4S/c1-6(11)5-13-18(16,17)9-3-2-7(10(14)15)4-8(9)12/h2-4,13H,1,5H2,(H,14,15). The molecule has 1 aromatic carbocycles. The van der Waals surface area contributed by atoms with Crippen molar-refractivity contribution in [2.75, 3.05) is 6.54 Å². The molecule has 0 aliphatic rings. The molecule has 1 aromatic rings. The smallest absolute Gasteiger partial charge is 0.335 e. The van der Waals surface area contributed by atoms with E-state index in [0.29, 0.717) is 4.48 Å². The van der Waals surface area contributed by atoms with Crippen LogP contribution in [0.3, 0.4) is 0 Å². The van der Waals surface area contributed by atoms with Gasteiger partial charge >= 0.3 is 5.97 Å². The third-order valence-corrected chi connectivity index (χ3v) is 4.58. The molecule has 0 atom stereocenters. The minimum atomic E-state index is -3.71. The molecule has 8 heteroatoms. The molecule has 18 heavy (non-hydrogen) atoms. The van der Waals surface area contributed by atoms with Crippen LogP contribution in [-0.2, 0) is 10.0 Å². The number of halogens is 2. The number of carboxylic acids is 1. The van der Waals surface area contributed by atoms with E-state index in [-0.39, 0.29) is 21.5 Å². The Morgan fingerprint density at radius 1 is 1.44 bits per heavy atom. The SMILES string of the molecule is C=C(Br)CNS(=O)(=O)c1ccc(C(=O)O)cc1Br. The van der Waals surface area contributed by atoms with Gasteiger partial charge in [0.15, 0.2) is 0 Å². The van der Waals surface area contributed by atoms with E-state index in [2.05, 4.69) is 43.2 Å². The third kappa shape index (κ3) is 3.91. The van der Waals surface area contributed by atoms with Crippen LogP contribution < -0.4 is 4.72 Å². The average molecular weight is 399 g/mol. The lowest BCUT2D eigenvalue weighted by molar-refractivity contribution is 0.0696. The lowest BCUT2D eigenvalue weighted by Crippen LogP contribution is -2.25. The van der Waals surface area contributed by atoms with Crippen molar-refractivity contribution >= 4 is 47.9 Å². The predicted octanol–water partition coefficient (Wildman–Crippen LogP) is 2.33. The second-order valence-corrected chi connectivity index (χ2v) is 7.00. The first-order chi connectivity index (χ1) is 8.24. The van der Waals surface area contributed by atoms with Crippen LogP contribution in [0.1, 0.15) is 10.4 Å². The maximum atomic E-state index is 11.9. The molecular weight excluding hydrogens is 390 g/mol. The topological polar surface area (TPSA) is 83.5 Å². The molecule has 0 aliphatic carbocycles. The van der Waals surface area contributed by atoms with Crippen molar-refractivity contribution in [1.82, 2.24) is 4.72 Å². The number of aromatic carboxylic acids is 1. The van der Waals surface area contributed by atoms with Gasteiger partial charge in [-0.05, 0) is 34.1 Å². The first kappa shape index (κ1) is 15.4. The maximum Gasteiger partial charge on any atom is 0.335 e. The van der Waals surface area contributed by atoms with Gasteiger partial charge in [0.05, 0.1) is 10.5 Å². The highest BCUT2D eigenvalue weighted by molar-refractivity contribution is 9.11. The summed E-state index contributed by atoms with van der Waals surface area (Å²) < 4.78 is 26.8. The number of hydrogen-bond donors (Lipinski definition) is 2. The molecule has 0 heterocycles. The maximum absolute atomic E-state index is 11.9. The van der Waals surface area contributed by atoms with E-state index < -0.39 is 16.0 Å². The molecule has 2 N–H and O–H groups in total. The van der Waals surface area contributed by atoms with Crippen LogP contribution in [0.5, 0.6) is 0 Å². The van der Waals surface area contributed by atoms with Crippen LogP contribution in [0.15, 0.2) is 38.6 Å². The van der Waals surface area contributed by atoms with E-state index in [9.17, 15) is 13.2 Å². The normalized spacial score (nSPS) is 11.2. The van der Waals surface area contributed by atoms with Crippen LogP contribution in [0, 0.1) is 0 Å². The Kier molecular flexibility index (Phi) is 5.09. The van der Waals surface area contributed by atoms with Gasteiger partial charge in [-0.2, -0.15) is 0 Å². The zero-order chi connectivity index (χ0) is 13.9. The molecule has 98 valence electrons.